The van der Waals surface area contributed by atoms with Gasteiger partial charge in [0.2, 0.25) is 0 Å². The lowest BCUT2D eigenvalue weighted by Crippen LogP contribution is -2.14. The van der Waals surface area contributed by atoms with Gasteiger partial charge < -0.3 is 0 Å². The largest absolute Gasteiger partial charge is 0.228 e. The van der Waals surface area contributed by atoms with E-state index in [4.69, 9.17) is 9.97 Å². The van der Waals surface area contributed by atoms with Gasteiger partial charge >= 0.3 is 0 Å². The fraction of sp³-hybridized carbons (Fsp3) is 0.0545. The molecule has 1 aliphatic rings. The number of benzene rings is 9. The Kier molecular flexibility index (Phi) is 7.55. The van der Waals surface area contributed by atoms with Crippen molar-refractivity contribution in [1.82, 2.24) is 9.97 Å². The quantitative estimate of drug-likeness (QED) is 0.130. The topological polar surface area (TPSA) is 25.8 Å². The van der Waals surface area contributed by atoms with Gasteiger partial charge in [-0.2, -0.15) is 0 Å². The molecule has 0 fully saturated rings. The molecule has 57 heavy (non-hydrogen) atoms. The highest BCUT2D eigenvalue weighted by molar-refractivity contribution is 6.21. The summed E-state index contributed by atoms with van der Waals surface area (Å²) in [5.74, 6) is 0.704. The van der Waals surface area contributed by atoms with E-state index in [2.05, 4.69) is 202 Å². The lowest BCUT2D eigenvalue weighted by atomic mass is 9.82. The molecule has 2 heteroatoms. The molecule has 0 bridgehead atoms. The SMILES string of the molecule is CC1(C)c2ccccc2-c2cc(-c3ccc(-c4cc(-c5ccccc5-c5c6ccccc6cc6c5ccc5ccccc56)nc(-c5ccccc5)n4)cc3)ccc21. The molecule has 0 saturated heterocycles. The molecule has 9 aromatic carbocycles. The molecule has 0 N–H and O–H groups in total. The van der Waals surface area contributed by atoms with E-state index in [0.717, 1.165) is 33.6 Å². The van der Waals surface area contributed by atoms with Crippen LogP contribution in [0.2, 0.25) is 0 Å². The van der Waals surface area contributed by atoms with Crippen LogP contribution in [0.15, 0.2) is 194 Å². The average molecular weight is 727 g/mol. The summed E-state index contributed by atoms with van der Waals surface area (Å²) in [6.45, 7) is 4.66. The first-order chi connectivity index (χ1) is 28.0. The van der Waals surface area contributed by atoms with Gasteiger partial charge in [-0.3, -0.25) is 0 Å². The summed E-state index contributed by atoms with van der Waals surface area (Å²) in [5.41, 5.74) is 15.1. The minimum atomic E-state index is -0.0107. The van der Waals surface area contributed by atoms with E-state index < -0.39 is 0 Å². The molecule has 1 aliphatic carbocycles. The highest BCUT2D eigenvalue weighted by atomic mass is 14.9. The van der Waals surface area contributed by atoms with Crippen LogP contribution in [-0.2, 0) is 5.41 Å². The minimum absolute atomic E-state index is 0.0107. The van der Waals surface area contributed by atoms with Gasteiger partial charge in [0.15, 0.2) is 5.82 Å². The molecule has 0 radical (unpaired) electrons. The molecule has 0 unspecified atom stereocenters. The third-order valence-corrected chi connectivity index (χ3v) is 12.1. The second kappa shape index (κ2) is 13.0. The van der Waals surface area contributed by atoms with Crippen molar-refractivity contribution >= 4 is 32.3 Å². The van der Waals surface area contributed by atoms with Crippen LogP contribution in [0.1, 0.15) is 25.0 Å². The fourth-order valence-electron chi connectivity index (χ4n) is 9.22. The molecule has 0 spiro atoms. The molecule has 11 rings (SSSR count). The normalized spacial score (nSPS) is 12.9. The number of nitrogens with zero attached hydrogens (tertiary/aromatic N) is 2. The molecule has 10 aromatic rings. The first-order valence-electron chi connectivity index (χ1n) is 19.7. The number of rotatable bonds is 5. The van der Waals surface area contributed by atoms with Crippen molar-refractivity contribution in [2.75, 3.05) is 0 Å². The zero-order valence-electron chi connectivity index (χ0n) is 31.9. The highest BCUT2D eigenvalue weighted by Gasteiger charge is 2.35. The molecular weight excluding hydrogens is 689 g/mol. The summed E-state index contributed by atoms with van der Waals surface area (Å²) in [6.07, 6.45) is 0. The molecule has 0 atom stereocenters. The monoisotopic (exact) mass is 726 g/mol. The van der Waals surface area contributed by atoms with Crippen molar-refractivity contribution in [1.29, 1.82) is 0 Å². The Morgan fingerprint density at radius 1 is 0.333 bits per heavy atom. The number of hydrogen-bond donors (Lipinski definition) is 0. The molecule has 1 aromatic heterocycles. The van der Waals surface area contributed by atoms with Crippen LogP contribution in [0.5, 0.6) is 0 Å². The second-order valence-electron chi connectivity index (χ2n) is 15.7. The Labute approximate surface area is 332 Å². The zero-order valence-corrected chi connectivity index (χ0v) is 31.9. The predicted molar refractivity (Wildman–Crippen MR) is 239 cm³/mol. The zero-order chi connectivity index (χ0) is 38.1. The van der Waals surface area contributed by atoms with Crippen molar-refractivity contribution in [3.8, 4) is 67.3 Å². The first kappa shape index (κ1) is 33.2. The van der Waals surface area contributed by atoms with E-state index in [-0.39, 0.29) is 5.41 Å². The van der Waals surface area contributed by atoms with E-state index in [1.54, 1.807) is 0 Å². The van der Waals surface area contributed by atoms with Crippen molar-refractivity contribution in [2.24, 2.45) is 0 Å². The Bertz CT molecular complexity index is 3190. The lowest BCUT2D eigenvalue weighted by Gasteiger charge is -2.21. The molecule has 0 saturated carbocycles. The maximum atomic E-state index is 5.31. The minimum Gasteiger partial charge on any atom is -0.228 e. The molecule has 0 amide bonds. The summed E-state index contributed by atoms with van der Waals surface area (Å²) in [5, 5.41) is 7.42. The smallest absolute Gasteiger partial charge is 0.160 e. The fourth-order valence-corrected chi connectivity index (χ4v) is 9.22. The van der Waals surface area contributed by atoms with Gasteiger partial charge in [0.25, 0.3) is 0 Å². The van der Waals surface area contributed by atoms with Gasteiger partial charge in [0, 0.05) is 22.1 Å². The number of aromatic nitrogens is 2. The summed E-state index contributed by atoms with van der Waals surface area (Å²) < 4.78 is 0. The third kappa shape index (κ3) is 5.40. The Balaban J connectivity index is 1.07. The number of fused-ring (bicyclic) bond motifs is 7. The standard InChI is InChI=1S/C55H38N2/c1-55(2)49-23-13-12-20-43(49)48-32-39(29-31-50(48)55)35-24-26-37(27-25-35)51-34-52(57-54(56-51)38-15-4-3-5-16-38)44-21-10-11-22-45(44)53-42-19-9-7-17-40(42)33-47-41-18-8-6-14-36(41)28-30-46(47)53/h3-34H,1-2H3. The van der Waals surface area contributed by atoms with E-state index in [0.29, 0.717) is 5.82 Å². The van der Waals surface area contributed by atoms with Crippen LogP contribution in [-0.4, -0.2) is 9.97 Å². The summed E-state index contributed by atoms with van der Waals surface area (Å²) >= 11 is 0. The Hall–Kier alpha value is -7.16. The van der Waals surface area contributed by atoms with Crippen molar-refractivity contribution in [3.05, 3.63) is 205 Å². The van der Waals surface area contributed by atoms with Crippen LogP contribution in [0, 0.1) is 0 Å². The maximum absolute atomic E-state index is 5.31. The Morgan fingerprint density at radius 2 is 0.947 bits per heavy atom. The van der Waals surface area contributed by atoms with Crippen LogP contribution in [0.3, 0.4) is 0 Å². The van der Waals surface area contributed by atoms with Gasteiger partial charge in [-0.05, 0) is 95.0 Å². The first-order valence-corrected chi connectivity index (χ1v) is 19.7. The average Bonchev–Trinajstić information content (AvgIpc) is 3.51. The number of hydrogen-bond acceptors (Lipinski definition) is 2. The molecule has 2 nitrogen and oxygen atoms in total. The maximum Gasteiger partial charge on any atom is 0.160 e. The van der Waals surface area contributed by atoms with Gasteiger partial charge in [-0.1, -0.05) is 190 Å². The van der Waals surface area contributed by atoms with Crippen LogP contribution in [0.4, 0.5) is 0 Å². The van der Waals surface area contributed by atoms with Crippen molar-refractivity contribution < 1.29 is 0 Å². The molecular formula is C55H38N2. The van der Waals surface area contributed by atoms with Crippen LogP contribution >= 0.6 is 0 Å². The van der Waals surface area contributed by atoms with Crippen LogP contribution in [0.25, 0.3) is 99.6 Å². The van der Waals surface area contributed by atoms with Crippen molar-refractivity contribution in [2.45, 2.75) is 19.3 Å². The lowest BCUT2D eigenvalue weighted by molar-refractivity contribution is 0.660. The van der Waals surface area contributed by atoms with Crippen molar-refractivity contribution in [3.63, 3.8) is 0 Å². The highest BCUT2D eigenvalue weighted by Crippen LogP contribution is 2.50. The van der Waals surface area contributed by atoms with Gasteiger partial charge in [0.1, 0.15) is 0 Å². The van der Waals surface area contributed by atoms with Gasteiger partial charge in [-0.15, -0.1) is 0 Å². The Morgan fingerprint density at radius 3 is 1.77 bits per heavy atom. The van der Waals surface area contributed by atoms with E-state index >= 15 is 0 Å². The second-order valence-corrected chi connectivity index (χ2v) is 15.7. The van der Waals surface area contributed by atoms with Gasteiger partial charge in [0.05, 0.1) is 11.4 Å². The van der Waals surface area contributed by atoms with E-state index in [1.165, 1.54) is 71.3 Å². The van der Waals surface area contributed by atoms with E-state index in [1.807, 2.05) is 6.07 Å². The molecule has 1 heterocycles. The summed E-state index contributed by atoms with van der Waals surface area (Å²) in [4.78, 5) is 10.5. The van der Waals surface area contributed by atoms with Crippen LogP contribution < -0.4 is 0 Å². The third-order valence-electron chi connectivity index (χ3n) is 12.1. The predicted octanol–water partition coefficient (Wildman–Crippen LogP) is 14.6. The molecule has 268 valence electrons. The van der Waals surface area contributed by atoms with E-state index in [9.17, 15) is 0 Å². The molecule has 0 aliphatic heterocycles. The summed E-state index contributed by atoms with van der Waals surface area (Å²) in [7, 11) is 0. The summed E-state index contributed by atoms with van der Waals surface area (Å²) in [6, 6.07) is 70.2. The van der Waals surface area contributed by atoms with Gasteiger partial charge in [-0.25, -0.2) is 9.97 Å².